The molecule has 0 aliphatic heterocycles. The van der Waals surface area contributed by atoms with Crippen molar-refractivity contribution in [3.63, 3.8) is 0 Å². The molecule has 2 heterocycles. The van der Waals surface area contributed by atoms with Gasteiger partial charge in [0.1, 0.15) is 18.6 Å². The van der Waals surface area contributed by atoms with Crippen molar-refractivity contribution < 1.29 is 9.63 Å². The monoisotopic (exact) mass is 233 g/mol. The van der Waals surface area contributed by atoms with Crippen LogP contribution >= 0.6 is 0 Å². The van der Waals surface area contributed by atoms with Gasteiger partial charge in [0, 0.05) is 6.92 Å². The highest BCUT2D eigenvalue weighted by Crippen LogP contribution is 2.15. The standard InChI is InChI=1S/C10H11N5O2/c1-7(16)12-9-5-3-4-8(13-9)10-14-11-6-15(10)17-2/h3-6H,1-2H3,(H,12,13,16). The van der Waals surface area contributed by atoms with Gasteiger partial charge in [-0.05, 0) is 12.1 Å². The number of aromatic nitrogens is 4. The molecule has 0 aliphatic rings. The van der Waals surface area contributed by atoms with E-state index in [1.54, 1.807) is 18.2 Å². The van der Waals surface area contributed by atoms with Crippen LogP contribution in [0.2, 0.25) is 0 Å². The summed E-state index contributed by atoms with van der Waals surface area (Å²) < 4.78 is 1.39. The molecule has 0 bridgehead atoms. The molecule has 2 aromatic rings. The molecule has 0 radical (unpaired) electrons. The van der Waals surface area contributed by atoms with Crippen LogP contribution < -0.4 is 10.2 Å². The third-order valence-electron chi connectivity index (χ3n) is 2.00. The van der Waals surface area contributed by atoms with Gasteiger partial charge >= 0.3 is 0 Å². The summed E-state index contributed by atoms with van der Waals surface area (Å²) in [6, 6.07) is 5.21. The predicted octanol–water partition coefficient (Wildman–Crippen LogP) is 0.357. The van der Waals surface area contributed by atoms with Gasteiger partial charge in [0.05, 0.1) is 0 Å². The average Bonchev–Trinajstić information content (AvgIpc) is 2.76. The molecule has 0 spiro atoms. The maximum atomic E-state index is 10.9. The molecule has 7 nitrogen and oxygen atoms in total. The molecule has 88 valence electrons. The molecule has 0 unspecified atom stereocenters. The summed E-state index contributed by atoms with van der Waals surface area (Å²) in [5, 5.41) is 10.2. The molecule has 7 heteroatoms. The van der Waals surface area contributed by atoms with Crippen molar-refractivity contribution in [1.29, 1.82) is 0 Å². The molecule has 0 aromatic carbocycles. The number of amides is 1. The van der Waals surface area contributed by atoms with E-state index in [4.69, 9.17) is 4.84 Å². The first-order valence-electron chi connectivity index (χ1n) is 4.90. The number of hydrogen-bond donors (Lipinski definition) is 1. The summed E-state index contributed by atoms with van der Waals surface area (Å²) in [5.74, 6) is 0.753. The van der Waals surface area contributed by atoms with Crippen molar-refractivity contribution in [1.82, 2.24) is 19.9 Å². The van der Waals surface area contributed by atoms with Crippen molar-refractivity contribution in [3.05, 3.63) is 24.5 Å². The first kappa shape index (κ1) is 11.1. The Hall–Kier alpha value is -2.44. The van der Waals surface area contributed by atoms with E-state index in [0.29, 0.717) is 17.3 Å². The van der Waals surface area contributed by atoms with Gasteiger partial charge in [0.15, 0.2) is 6.33 Å². The van der Waals surface area contributed by atoms with Crippen molar-refractivity contribution >= 4 is 11.7 Å². The Balaban J connectivity index is 2.36. The Morgan fingerprint density at radius 1 is 1.47 bits per heavy atom. The maximum Gasteiger partial charge on any atom is 0.222 e. The van der Waals surface area contributed by atoms with Crippen LogP contribution in [0.3, 0.4) is 0 Å². The van der Waals surface area contributed by atoms with Crippen molar-refractivity contribution in [2.75, 3.05) is 12.4 Å². The lowest BCUT2D eigenvalue weighted by Crippen LogP contribution is -2.09. The topological polar surface area (TPSA) is 81.9 Å². The first-order chi connectivity index (χ1) is 8.20. The summed E-state index contributed by atoms with van der Waals surface area (Å²) in [6.45, 7) is 1.42. The number of pyridine rings is 1. The number of carbonyl (C=O) groups excluding carboxylic acids is 1. The second-order valence-corrected chi connectivity index (χ2v) is 3.25. The molecule has 0 fully saturated rings. The van der Waals surface area contributed by atoms with Crippen molar-refractivity contribution in [3.8, 4) is 11.5 Å². The number of hydrogen-bond acceptors (Lipinski definition) is 5. The van der Waals surface area contributed by atoms with Gasteiger partial charge in [0.25, 0.3) is 0 Å². The van der Waals surface area contributed by atoms with E-state index in [0.717, 1.165) is 0 Å². The van der Waals surface area contributed by atoms with Gasteiger partial charge in [-0.15, -0.1) is 14.9 Å². The Morgan fingerprint density at radius 3 is 3.00 bits per heavy atom. The number of nitrogens with zero attached hydrogens (tertiary/aromatic N) is 4. The van der Waals surface area contributed by atoms with E-state index in [1.807, 2.05) is 0 Å². The lowest BCUT2D eigenvalue weighted by atomic mass is 10.3. The summed E-state index contributed by atoms with van der Waals surface area (Å²) in [5.41, 5.74) is 0.565. The third kappa shape index (κ3) is 2.39. The highest BCUT2D eigenvalue weighted by molar-refractivity contribution is 5.87. The molecular weight excluding hydrogens is 222 g/mol. The minimum Gasteiger partial charge on any atom is -0.414 e. The van der Waals surface area contributed by atoms with Crippen LogP contribution in [0.1, 0.15) is 6.92 Å². The first-order valence-corrected chi connectivity index (χ1v) is 4.90. The smallest absolute Gasteiger partial charge is 0.222 e. The number of nitrogens with one attached hydrogen (secondary N) is 1. The fourth-order valence-electron chi connectivity index (χ4n) is 1.33. The van der Waals surface area contributed by atoms with Crippen LogP contribution in [0.5, 0.6) is 0 Å². The zero-order valence-electron chi connectivity index (χ0n) is 9.41. The lowest BCUT2D eigenvalue weighted by Gasteiger charge is -2.05. The van der Waals surface area contributed by atoms with Gasteiger partial charge < -0.3 is 10.2 Å². The molecule has 1 amide bonds. The highest BCUT2D eigenvalue weighted by Gasteiger charge is 2.09. The van der Waals surface area contributed by atoms with E-state index in [9.17, 15) is 4.79 Å². The van der Waals surface area contributed by atoms with Gasteiger partial charge in [0.2, 0.25) is 11.7 Å². The van der Waals surface area contributed by atoms with Crippen molar-refractivity contribution in [2.45, 2.75) is 6.92 Å². The number of anilines is 1. The zero-order chi connectivity index (χ0) is 12.3. The fourth-order valence-corrected chi connectivity index (χ4v) is 1.33. The lowest BCUT2D eigenvalue weighted by molar-refractivity contribution is -0.114. The quantitative estimate of drug-likeness (QED) is 0.827. The minimum absolute atomic E-state index is 0.178. The molecule has 2 rings (SSSR count). The van der Waals surface area contributed by atoms with Gasteiger partial charge in [-0.2, -0.15) is 0 Å². The van der Waals surface area contributed by atoms with Crippen molar-refractivity contribution in [2.24, 2.45) is 0 Å². The number of rotatable bonds is 3. The van der Waals surface area contributed by atoms with E-state index in [2.05, 4.69) is 20.5 Å². The third-order valence-corrected chi connectivity index (χ3v) is 2.00. The summed E-state index contributed by atoms with van der Waals surface area (Å²) >= 11 is 0. The van der Waals surface area contributed by atoms with Crippen LogP contribution in [0, 0.1) is 0 Å². The van der Waals surface area contributed by atoms with Gasteiger partial charge in [-0.25, -0.2) is 4.98 Å². The molecular formula is C10H11N5O2. The van der Waals surface area contributed by atoms with E-state index >= 15 is 0 Å². The van der Waals surface area contributed by atoms with Crippen LogP contribution in [0.25, 0.3) is 11.5 Å². The minimum atomic E-state index is -0.178. The van der Waals surface area contributed by atoms with Crippen LogP contribution in [-0.4, -0.2) is 32.9 Å². The highest BCUT2D eigenvalue weighted by atomic mass is 16.6. The van der Waals surface area contributed by atoms with Crippen LogP contribution in [0.15, 0.2) is 24.5 Å². The Labute approximate surface area is 97.4 Å². The number of carbonyl (C=O) groups is 1. The molecule has 17 heavy (non-hydrogen) atoms. The van der Waals surface area contributed by atoms with Crippen LogP contribution in [-0.2, 0) is 4.79 Å². The Morgan fingerprint density at radius 2 is 2.29 bits per heavy atom. The van der Waals surface area contributed by atoms with E-state index in [-0.39, 0.29) is 5.91 Å². The molecule has 0 atom stereocenters. The normalized spacial score (nSPS) is 10.0. The predicted molar refractivity (Wildman–Crippen MR) is 60.1 cm³/mol. The average molecular weight is 233 g/mol. The van der Waals surface area contributed by atoms with Gasteiger partial charge in [-0.1, -0.05) is 6.07 Å². The Kier molecular flexibility index (Phi) is 2.99. The summed E-state index contributed by atoms with van der Waals surface area (Å²) in [6.07, 6.45) is 1.43. The largest absolute Gasteiger partial charge is 0.414 e. The molecule has 2 aromatic heterocycles. The van der Waals surface area contributed by atoms with E-state index in [1.165, 1.54) is 25.1 Å². The second-order valence-electron chi connectivity index (χ2n) is 3.25. The maximum absolute atomic E-state index is 10.9. The van der Waals surface area contributed by atoms with E-state index < -0.39 is 0 Å². The Bertz CT molecular complexity index is 537. The second kappa shape index (κ2) is 4.60. The summed E-state index contributed by atoms with van der Waals surface area (Å²) in [4.78, 5) is 20.2. The zero-order valence-corrected chi connectivity index (χ0v) is 9.41. The molecule has 0 aliphatic carbocycles. The molecule has 1 N–H and O–H groups in total. The SMILES string of the molecule is COn1cnnc1-c1cccc(NC(C)=O)n1. The fraction of sp³-hybridized carbons (Fsp3) is 0.200. The summed E-state index contributed by atoms with van der Waals surface area (Å²) in [7, 11) is 1.50. The molecule has 0 saturated heterocycles. The van der Waals surface area contributed by atoms with Gasteiger partial charge in [-0.3, -0.25) is 4.79 Å². The van der Waals surface area contributed by atoms with Crippen LogP contribution in [0.4, 0.5) is 5.82 Å². The molecule has 0 saturated carbocycles.